The van der Waals surface area contributed by atoms with Gasteiger partial charge < -0.3 is 19.6 Å². The minimum atomic E-state index is -0.154. The summed E-state index contributed by atoms with van der Waals surface area (Å²) in [7, 11) is 0. The summed E-state index contributed by atoms with van der Waals surface area (Å²) in [6, 6.07) is 134. The van der Waals surface area contributed by atoms with Crippen molar-refractivity contribution in [3.63, 3.8) is 0 Å². The number of nitrogens with zero attached hydrogens (tertiary/aromatic N) is 4. The molecule has 0 fully saturated rings. The van der Waals surface area contributed by atoms with Crippen LogP contribution in [-0.4, -0.2) is 5.78 Å². The topological polar surface area (TPSA) is 30.0 Å². The molecule has 0 radical (unpaired) electrons. The molecule has 0 aromatic heterocycles. The van der Waals surface area contributed by atoms with Crippen LogP contribution >= 0.6 is 0 Å². The van der Waals surface area contributed by atoms with Crippen LogP contribution in [0.4, 0.5) is 68.2 Å². The molecule has 98 heavy (non-hydrogen) atoms. The molecular weight excluding hydrogens is 1190 g/mol. The van der Waals surface area contributed by atoms with Gasteiger partial charge in [0.1, 0.15) is 0 Å². The quantitative estimate of drug-likeness (QED) is 0.101. The van der Waals surface area contributed by atoms with Crippen LogP contribution in [-0.2, 0) is 0 Å². The zero-order chi connectivity index (χ0) is 65.0. The molecule has 0 spiro atoms. The van der Waals surface area contributed by atoms with Crippen molar-refractivity contribution in [2.75, 3.05) is 19.6 Å². The number of ketones is 1. The average molecular weight is 1250 g/mol. The van der Waals surface area contributed by atoms with E-state index >= 15 is 4.79 Å². The van der Waals surface area contributed by atoms with Gasteiger partial charge in [0.05, 0.1) is 0 Å². The van der Waals surface area contributed by atoms with Crippen molar-refractivity contribution >= 4 is 160 Å². The molecule has 0 bridgehead atoms. The Balaban J connectivity index is 0.924. The Morgan fingerprint density at radius 3 is 0.439 bits per heavy atom. The van der Waals surface area contributed by atoms with Crippen molar-refractivity contribution < 1.29 is 4.79 Å². The van der Waals surface area contributed by atoms with Crippen molar-refractivity contribution in [2.45, 2.75) is 0 Å². The molecule has 18 rings (SSSR count). The van der Waals surface area contributed by atoms with Crippen LogP contribution < -0.4 is 19.6 Å². The highest BCUT2D eigenvalue weighted by Gasteiger charge is 2.27. The summed E-state index contributed by atoms with van der Waals surface area (Å²) in [5, 5.41) is 17.9. The SMILES string of the molecule is O=C(c1cc(N(c2ccc3ccccc3c2)c2ccc3ccccc3c2)cc(N(c2ccc3ccccc3c2)c2ccc3ccccc3c2)c1)c1cc(N(c2ccc3ccccc3c2)c2ccc3ccccc3c2)cc(N(c2ccc3ccccc3c2)c2ccc3ccccc3c2)c1. The molecule has 0 aliphatic carbocycles. The van der Waals surface area contributed by atoms with E-state index in [1.807, 2.05) is 0 Å². The van der Waals surface area contributed by atoms with E-state index in [0.29, 0.717) is 11.1 Å². The largest absolute Gasteiger partial charge is 0.310 e. The molecule has 0 N–H and O–H groups in total. The third kappa shape index (κ3) is 10.8. The Bertz CT molecular complexity index is 5120. The van der Waals surface area contributed by atoms with E-state index in [0.717, 1.165) is 154 Å². The summed E-state index contributed by atoms with van der Waals surface area (Å²) >= 11 is 0. The number of carbonyl (C=O) groups excluding carboxylic acids is 1. The second kappa shape index (κ2) is 24.3. The lowest BCUT2D eigenvalue weighted by Crippen LogP contribution is -2.17. The number of benzene rings is 18. The Labute approximate surface area is 568 Å². The van der Waals surface area contributed by atoms with E-state index in [4.69, 9.17) is 0 Å². The molecule has 0 aliphatic heterocycles. The molecule has 0 amide bonds. The monoisotopic (exact) mass is 1250 g/mol. The molecule has 18 aromatic carbocycles. The zero-order valence-corrected chi connectivity index (χ0v) is 53.5. The maximum absolute atomic E-state index is 17.4. The summed E-state index contributed by atoms with van der Waals surface area (Å²) in [5.41, 5.74) is 11.8. The summed E-state index contributed by atoms with van der Waals surface area (Å²) < 4.78 is 0. The van der Waals surface area contributed by atoms with Gasteiger partial charge in [-0.1, -0.05) is 243 Å². The van der Waals surface area contributed by atoms with Gasteiger partial charge in [0, 0.05) is 79.4 Å². The molecule has 5 heteroatoms. The van der Waals surface area contributed by atoms with E-state index in [2.05, 4.69) is 396 Å². The van der Waals surface area contributed by atoms with Crippen molar-refractivity contribution in [3.05, 3.63) is 387 Å². The summed E-state index contributed by atoms with van der Waals surface area (Å²) in [5.74, 6) is -0.154. The van der Waals surface area contributed by atoms with E-state index < -0.39 is 0 Å². The molecule has 460 valence electrons. The smallest absolute Gasteiger partial charge is 0.193 e. The van der Waals surface area contributed by atoms with Gasteiger partial charge in [-0.25, -0.2) is 0 Å². The lowest BCUT2D eigenvalue weighted by atomic mass is 9.97. The van der Waals surface area contributed by atoms with Crippen LogP contribution in [0.5, 0.6) is 0 Å². The first-order chi connectivity index (χ1) is 48.4. The molecule has 5 nitrogen and oxygen atoms in total. The Morgan fingerprint density at radius 2 is 0.286 bits per heavy atom. The van der Waals surface area contributed by atoms with Gasteiger partial charge in [-0.15, -0.1) is 0 Å². The van der Waals surface area contributed by atoms with Crippen molar-refractivity contribution in [2.24, 2.45) is 0 Å². The van der Waals surface area contributed by atoms with E-state index in [1.54, 1.807) is 0 Å². The Kier molecular flexibility index (Phi) is 14.3. The summed E-state index contributed by atoms with van der Waals surface area (Å²) in [4.78, 5) is 26.6. The van der Waals surface area contributed by atoms with Crippen molar-refractivity contribution in [3.8, 4) is 0 Å². The predicted molar refractivity (Wildman–Crippen MR) is 415 cm³/mol. The lowest BCUT2D eigenvalue weighted by Gasteiger charge is -2.31. The van der Waals surface area contributed by atoms with E-state index in [1.165, 1.54) is 0 Å². The first-order valence-corrected chi connectivity index (χ1v) is 33.4. The fourth-order valence-corrected chi connectivity index (χ4v) is 14.5. The Hall–Kier alpha value is -13.1. The highest BCUT2D eigenvalue weighted by atomic mass is 16.1. The predicted octanol–water partition coefficient (Wildman–Crippen LogP) is 26.0. The molecule has 0 saturated heterocycles. The second-order valence-corrected chi connectivity index (χ2v) is 25.4. The number of rotatable bonds is 14. The normalized spacial score (nSPS) is 11.5. The van der Waals surface area contributed by atoms with Gasteiger partial charge in [-0.3, -0.25) is 4.79 Å². The van der Waals surface area contributed by atoms with Crippen molar-refractivity contribution in [1.29, 1.82) is 0 Å². The van der Waals surface area contributed by atoms with Gasteiger partial charge in [0.25, 0.3) is 0 Å². The van der Waals surface area contributed by atoms with Gasteiger partial charge in [0.2, 0.25) is 0 Å². The van der Waals surface area contributed by atoms with E-state index in [9.17, 15) is 0 Å². The van der Waals surface area contributed by atoms with Crippen LogP contribution in [0.3, 0.4) is 0 Å². The van der Waals surface area contributed by atoms with Crippen LogP contribution in [0, 0.1) is 0 Å². The van der Waals surface area contributed by atoms with Crippen molar-refractivity contribution in [1.82, 2.24) is 0 Å². The maximum Gasteiger partial charge on any atom is 0.193 e. The zero-order valence-electron chi connectivity index (χ0n) is 53.5. The number of hydrogen-bond acceptors (Lipinski definition) is 5. The average Bonchev–Trinajstić information content (AvgIpc) is 0.763. The third-order valence-corrected chi connectivity index (χ3v) is 19.3. The minimum Gasteiger partial charge on any atom is -0.310 e. The first-order valence-electron chi connectivity index (χ1n) is 33.4. The standard InChI is InChI=1S/C93H62N4O/c98-93(79-57-89(94(81-41-33-63-17-1-9-25-71(63)49-81)82-42-34-64-18-2-10-26-72(64)50-82)61-90(58-79)95(83-43-35-65-19-3-11-27-73(65)51-83)84-44-36-66-20-4-12-28-74(66)52-84)80-59-91(96(85-45-37-67-21-5-13-29-75(67)53-85)86-46-38-68-22-6-14-30-76(68)54-86)62-92(60-80)97(87-47-39-69-23-7-15-31-77(69)55-87)88-48-40-70-24-8-16-32-78(70)56-88/h1-62H. The highest BCUT2D eigenvalue weighted by Crippen LogP contribution is 2.48. The third-order valence-electron chi connectivity index (χ3n) is 19.3. The number of fused-ring (bicyclic) bond motifs is 8. The maximum atomic E-state index is 17.4. The van der Waals surface area contributed by atoms with Crippen LogP contribution in [0.2, 0.25) is 0 Å². The number of anilines is 12. The molecular formula is C93H62N4O. The number of hydrogen-bond donors (Lipinski definition) is 0. The second-order valence-electron chi connectivity index (χ2n) is 25.4. The van der Waals surface area contributed by atoms with Gasteiger partial charge in [0.15, 0.2) is 5.78 Å². The molecule has 0 atom stereocenters. The minimum absolute atomic E-state index is 0.154. The van der Waals surface area contributed by atoms with Gasteiger partial charge in [-0.05, 0) is 220 Å². The fourth-order valence-electron chi connectivity index (χ4n) is 14.5. The number of carbonyl (C=O) groups is 1. The lowest BCUT2D eigenvalue weighted by molar-refractivity contribution is 0.103. The van der Waals surface area contributed by atoms with Gasteiger partial charge in [-0.2, -0.15) is 0 Å². The molecule has 0 saturated carbocycles. The fraction of sp³-hybridized carbons (Fsp3) is 0. The van der Waals surface area contributed by atoms with Gasteiger partial charge >= 0.3 is 0 Å². The first kappa shape index (κ1) is 57.6. The molecule has 0 unspecified atom stereocenters. The molecule has 0 heterocycles. The summed E-state index contributed by atoms with van der Waals surface area (Å²) in [6.45, 7) is 0. The Morgan fingerprint density at radius 1 is 0.143 bits per heavy atom. The highest BCUT2D eigenvalue weighted by molar-refractivity contribution is 6.13. The van der Waals surface area contributed by atoms with Crippen LogP contribution in [0.25, 0.3) is 86.2 Å². The molecule has 18 aromatic rings. The van der Waals surface area contributed by atoms with Crippen LogP contribution in [0.15, 0.2) is 376 Å². The van der Waals surface area contributed by atoms with E-state index in [-0.39, 0.29) is 5.78 Å². The summed E-state index contributed by atoms with van der Waals surface area (Å²) in [6.07, 6.45) is 0. The van der Waals surface area contributed by atoms with Crippen LogP contribution in [0.1, 0.15) is 15.9 Å². The molecule has 0 aliphatic rings.